The van der Waals surface area contributed by atoms with Crippen molar-refractivity contribution in [3.63, 3.8) is 0 Å². The number of imidazole rings is 1. The average molecular weight is 284 g/mol. The molecule has 0 aliphatic rings. The van der Waals surface area contributed by atoms with Crippen molar-refractivity contribution in [1.29, 1.82) is 0 Å². The fourth-order valence-electron chi connectivity index (χ4n) is 2.51. The number of fused-ring (bicyclic) bond motifs is 1. The summed E-state index contributed by atoms with van der Waals surface area (Å²) in [5.74, 6) is 0.866. The Morgan fingerprint density at radius 1 is 1.20 bits per heavy atom. The van der Waals surface area contributed by atoms with Crippen LogP contribution in [0.15, 0.2) is 42.5 Å². The first-order valence-corrected chi connectivity index (χ1v) is 6.91. The first kappa shape index (κ1) is 12.9. The molecule has 0 radical (unpaired) electrons. The standard InChI is InChI=1S/C16H16N2OS/c1-11-5-3-8-14-15(11)18(16(20)17-14)10-12-6-4-7-13(9-12)19-2/h3-9H,10H2,1-2H3,(H,17,20). The topological polar surface area (TPSA) is 29.9 Å². The van der Waals surface area contributed by atoms with Crippen LogP contribution in [-0.4, -0.2) is 16.7 Å². The lowest BCUT2D eigenvalue weighted by atomic mass is 10.2. The van der Waals surface area contributed by atoms with E-state index in [1.165, 1.54) is 16.6 Å². The van der Waals surface area contributed by atoms with Gasteiger partial charge in [-0.25, -0.2) is 0 Å². The highest BCUT2D eigenvalue weighted by Gasteiger charge is 2.07. The van der Waals surface area contributed by atoms with E-state index in [2.05, 4.69) is 34.7 Å². The predicted molar refractivity (Wildman–Crippen MR) is 84.0 cm³/mol. The Balaban J connectivity index is 2.10. The van der Waals surface area contributed by atoms with Gasteiger partial charge in [0, 0.05) is 0 Å². The van der Waals surface area contributed by atoms with Gasteiger partial charge in [0.15, 0.2) is 4.77 Å². The van der Waals surface area contributed by atoms with E-state index in [1.807, 2.05) is 24.3 Å². The molecular formula is C16H16N2OS. The average Bonchev–Trinajstić information content (AvgIpc) is 2.77. The monoisotopic (exact) mass is 284 g/mol. The molecule has 0 atom stereocenters. The molecule has 4 heteroatoms. The number of hydrogen-bond acceptors (Lipinski definition) is 2. The third-order valence-corrected chi connectivity index (χ3v) is 3.79. The highest BCUT2D eigenvalue weighted by molar-refractivity contribution is 7.71. The molecule has 20 heavy (non-hydrogen) atoms. The number of aromatic amines is 1. The highest BCUT2D eigenvalue weighted by atomic mass is 32.1. The van der Waals surface area contributed by atoms with Crippen molar-refractivity contribution in [2.45, 2.75) is 13.5 Å². The Kier molecular flexibility index (Phi) is 3.32. The Labute approximate surface area is 122 Å². The number of aryl methyl sites for hydroxylation is 1. The molecule has 0 saturated heterocycles. The van der Waals surface area contributed by atoms with Crippen LogP contribution < -0.4 is 4.74 Å². The first-order chi connectivity index (χ1) is 9.69. The fourth-order valence-corrected chi connectivity index (χ4v) is 2.77. The second kappa shape index (κ2) is 5.13. The third-order valence-electron chi connectivity index (χ3n) is 3.47. The van der Waals surface area contributed by atoms with Crippen LogP contribution in [-0.2, 0) is 6.54 Å². The SMILES string of the molecule is COc1cccc(Cn2c(=S)[nH]c3cccc(C)c32)c1. The van der Waals surface area contributed by atoms with Crippen molar-refractivity contribution < 1.29 is 4.74 Å². The summed E-state index contributed by atoms with van der Waals surface area (Å²) in [5, 5.41) is 0. The largest absolute Gasteiger partial charge is 0.497 e. The van der Waals surface area contributed by atoms with Crippen molar-refractivity contribution in [2.75, 3.05) is 7.11 Å². The van der Waals surface area contributed by atoms with Crippen molar-refractivity contribution in [1.82, 2.24) is 9.55 Å². The van der Waals surface area contributed by atoms with Crippen molar-refractivity contribution in [2.24, 2.45) is 0 Å². The molecule has 0 amide bonds. The summed E-state index contributed by atoms with van der Waals surface area (Å²) in [7, 11) is 1.68. The molecule has 2 aromatic carbocycles. The van der Waals surface area contributed by atoms with Gasteiger partial charge in [-0.15, -0.1) is 0 Å². The van der Waals surface area contributed by atoms with Crippen LogP contribution >= 0.6 is 12.2 Å². The van der Waals surface area contributed by atoms with Gasteiger partial charge in [-0.2, -0.15) is 0 Å². The summed E-state index contributed by atoms with van der Waals surface area (Å²) in [6.45, 7) is 2.84. The second-order valence-electron chi connectivity index (χ2n) is 4.84. The molecule has 0 fully saturated rings. The van der Waals surface area contributed by atoms with Gasteiger partial charge in [0.05, 0.1) is 24.7 Å². The minimum Gasteiger partial charge on any atom is -0.497 e. The van der Waals surface area contributed by atoms with E-state index in [1.54, 1.807) is 7.11 Å². The van der Waals surface area contributed by atoms with Gasteiger partial charge >= 0.3 is 0 Å². The van der Waals surface area contributed by atoms with Gasteiger partial charge in [0.1, 0.15) is 5.75 Å². The van der Waals surface area contributed by atoms with Crippen LogP contribution in [0.2, 0.25) is 0 Å². The molecule has 3 rings (SSSR count). The van der Waals surface area contributed by atoms with Gasteiger partial charge < -0.3 is 14.3 Å². The molecule has 0 saturated carbocycles. The van der Waals surface area contributed by atoms with Crippen LogP contribution in [0.5, 0.6) is 5.75 Å². The number of hydrogen-bond donors (Lipinski definition) is 1. The molecule has 1 N–H and O–H groups in total. The molecule has 0 bridgehead atoms. The van der Waals surface area contributed by atoms with Gasteiger partial charge in [-0.1, -0.05) is 24.3 Å². The molecule has 3 nitrogen and oxygen atoms in total. The number of benzene rings is 2. The Morgan fingerprint density at radius 3 is 2.80 bits per heavy atom. The molecule has 0 spiro atoms. The van der Waals surface area contributed by atoms with E-state index in [0.29, 0.717) is 0 Å². The minimum absolute atomic E-state index is 0.737. The first-order valence-electron chi connectivity index (χ1n) is 6.50. The molecule has 0 aliphatic heterocycles. The summed E-state index contributed by atoms with van der Waals surface area (Å²) in [4.78, 5) is 3.26. The lowest BCUT2D eigenvalue weighted by molar-refractivity contribution is 0.414. The lowest BCUT2D eigenvalue weighted by Gasteiger charge is -2.08. The minimum atomic E-state index is 0.737. The quantitative estimate of drug-likeness (QED) is 0.735. The normalized spacial score (nSPS) is 10.9. The Bertz CT molecular complexity index is 817. The summed E-state index contributed by atoms with van der Waals surface area (Å²) < 4.78 is 8.15. The van der Waals surface area contributed by atoms with E-state index in [4.69, 9.17) is 17.0 Å². The van der Waals surface area contributed by atoms with Gasteiger partial charge in [-0.05, 0) is 48.5 Å². The van der Waals surface area contributed by atoms with Crippen molar-refractivity contribution in [3.8, 4) is 5.75 Å². The number of nitrogens with one attached hydrogen (secondary N) is 1. The van der Waals surface area contributed by atoms with Gasteiger partial charge in [0.25, 0.3) is 0 Å². The van der Waals surface area contributed by atoms with Crippen molar-refractivity contribution >= 4 is 23.3 Å². The van der Waals surface area contributed by atoms with Crippen LogP contribution in [0.3, 0.4) is 0 Å². The maximum atomic E-state index is 5.45. The highest BCUT2D eigenvalue weighted by Crippen LogP contribution is 2.21. The molecule has 102 valence electrons. The Hall–Kier alpha value is -2.07. The Morgan fingerprint density at radius 2 is 2.00 bits per heavy atom. The number of aromatic nitrogens is 2. The van der Waals surface area contributed by atoms with Crippen molar-refractivity contribution in [3.05, 3.63) is 58.4 Å². The van der Waals surface area contributed by atoms with Crippen LogP contribution in [0.4, 0.5) is 0 Å². The second-order valence-corrected chi connectivity index (χ2v) is 5.23. The number of para-hydroxylation sites is 1. The predicted octanol–water partition coefficient (Wildman–Crippen LogP) is 4.06. The molecular weight excluding hydrogens is 268 g/mol. The van der Waals surface area contributed by atoms with E-state index in [0.717, 1.165) is 22.6 Å². The zero-order chi connectivity index (χ0) is 14.1. The molecule has 1 heterocycles. The molecule has 0 unspecified atom stereocenters. The van der Waals surface area contributed by atoms with Gasteiger partial charge in [-0.3, -0.25) is 0 Å². The lowest BCUT2D eigenvalue weighted by Crippen LogP contribution is -2.01. The van der Waals surface area contributed by atoms with Crippen LogP contribution in [0.25, 0.3) is 11.0 Å². The summed E-state index contributed by atoms with van der Waals surface area (Å²) in [5.41, 5.74) is 4.64. The maximum Gasteiger partial charge on any atom is 0.178 e. The summed E-state index contributed by atoms with van der Waals surface area (Å²) in [6, 6.07) is 14.3. The maximum absolute atomic E-state index is 5.45. The number of methoxy groups -OCH3 is 1. The number of ether oxygens (including phenoxy) is 1. The fraction of sp³-hybridized carbons (Fsp3) is 0.188. The molecule has 0 aliphatic carbocycles. The smallest absolute Gasteiger partial charge is 0.178 e. The zero-order valence-corrected chi connectivity index (χ0v) is 12.3. The van der Waals surface area contributed by atoms with Crippen LogP contribution in [0, 0.1) is 11.7 Å². The van der Waals surface area contributed by atoms with E-state index in [9.17, 15) is 0 Å². The number of rotatable bonds is 3. The number of H-pyrrole nitrogens is 1. The van der Waals surface area contributed by atoms with E-state index in [-0.39, 0.29) is 0 Å². The number of nitrogens with zero attached hydrogens (tertiary/aromatic N) is 1. The van der Waals surface area contributed by atoms with E-state index >= 15 is 0 Å². The summed E-state index contributed by atoms with van der Waals surface area (Å²) >= 11 is 5.45. The van der Waals surface area contributed by atoms with Crippen LogP contribution in [0.1, 0.15) is 11.1 Å². The van der Waals surface area contributed by atoms with E-state index < -0.39 is 0 Å². The molecule has 3 aromatic rings. The molecule has 1 aromatic heterocycles. The summed E-state index contributed by atoms with van der Waals surface area (Å²) in [6.07, 6.45) is 0. The third kappa shape index (κ3) is 2.23. The van der Waals surface area contributed by atoms with Gasteiger partial charge in [0.2, 0.25) is 0 Å². The zero-order valence-electron chi connectivity index (χ0n) is 11.5.